The van der Waals surface area contributed by atoms with Gasteiger partial charge < -0.3 is 4.98 Å². The highest BCUT2D eigenvalue weighted by Crippen LogP contribution is 2.08. The third-order valence-corrected chi connectivity index (χ3v) is 1.88. The van der Waals surface area contributed by atoms with E-state index < -0.39 is 5.82 Å². The Bertz CT molecular complexity index is 560. The maximum atomic E-state index is 12.8. The van der Waals surface area contributed by atoms with Gasteiger partial charge in [-0.1, -0.05) is 6.58 Å². The fraction of sp³-hybridized carbons (Fsp3) is 0. The summed E-state index contributed by atoms with van der Waals surface area (Å²) in [5.41, 5.74) is 0.106. The van der Waals surface area contributed by atoms with Crippen molar-refractivity contribution in [2.75, 3.05) is 0 Å². The molecule has 0 fully saturated rings. The number of nitrogens with one attached hydrogen (secondary N) is 1. The minimum absolute atomic E-state index is 0.246. The number of H-pyrrole nitrogens is 1. The topological polar surface area (TPSA) is 45.8 Å². The molecule has 0 atom stereocenters. The van der Waals surface area contributed by atoms with Crippen LogP contribution in [-0.4, -0.2) is 9.97 Å². The monoisotopic (exact) mass is 190 g/mol. The number of hydrogen-bond acceptors (Lipinski definition) is 2. The van der Waals surface area contributed by atoms with Crippen LogP contribution < -0.4 is 5.56 Å². The Labute approximate surface area is 78.9 Å². The molecule has 1 aromatic heterocycles. The Morgan fingerprint density at radius 1 is 1.50 bits per heavy atom. The first-order valence-electron chi connectivity index (χ1n) is 4.03. The largest absolute Gasteiger partial charge is 0.306 e. The zero-order valence-electron chi connectivity index (χ0n) is 7.25. The van der Waals surface area contributed by atoms with E-state index >= 15 is 0 Å². The number of fused-ring (bicyclic) bond motifs is 1. The number of benzene rings is 1. The molecule has 14 heavy (non-hydrogen) atoms. The van der Waals surface area contributed by atoms with Gasteiger partial charge in [0.25, 0.3) is 5.56 Å². The summed E-state index contributed by atoms with van der Waals surface area (Å²) in [6.07, 6.45) is 1.43. The second kappa shape index (κ2) is 3.06. The summed E-state index contributed by atoms with van der Waals surface area (Å²) in [5, 5.41) is 0.246. The van der Waals surface area contributed by atoms with E-state index in [1.54, 1.807) is 0 Å². The molecular formula is C10H7FN2O. The average Bonchev–Trinajstić information content (AvgIpc) is 2.19. The van der Waals surface area contributed by atoms with Crippen molar-refractivity contribution >= 4 is 17.0 Å². The van der Waals surface area contributed by atoms with Crippen LogP contribution in [0.3, 0.4) is 0 Å². The van der Waals surface area contributed by atoms with E-state index in [9.17, 15) is 9.18 Å². The minimum Gasteiger partial charge on any atom is -0.306 e. The predicted molar refractivity (Wildman–Crippen MR) is 52.4 cm³/mol. The SMILES string of the molecule is C=Cc1nc2ccc(F)cc2c(=O)[nH]1. The van der Waals surface area contributed by atoms with Crippen molar-refractivity contribution < 1.29 is 4.39 Å². The van der Waals surface area contributed by atoms with Gasteiger partial charge >= 0.3 is 0 Å². The molecule has 0 amide bonds. The zero-order valence-corrected chi connectivity index (χ0v) is 7.25. The van der Waals surface area contributed by atoms with Gasteiger partial charge in [0.1, 0.15) is 11.6 Å². The summed E-state index contributed by atoms with van der Waals surface area (Å²) in [6, 6.07) is 3.89. The quantitative estimate of drug-likeness (QED) is 0.743. The van der Waals surface area contributed by atoms with Crippen LogP contribution >= 0.6 is 0 Å². The van der Waals surface area contributed by atoms with E-state index in [0.717, 1.165) is 6.07 Å². The van der Waals surface area contributed by atoms with Crippen LogP contribution in [0, 0.1) is 5.82 Å². The maximum absolute atomic E-state index is 12.8. The van der Waals surface area contributed by atoms with Crippen LogP contribution in [0.15, 0.2) is 29.6 Å². The number of aromatic amines is 1. The fourth-order valence-corrected chi connectivity index (χ4v) is 1.23. The predicted octanol–water partition coefficient (Wildman–Crippen LogP) is 1.71. The Morgan fingerprint density at radius 2 is 2.29 bits per heavy atom. The Morgan fingerprint density at radius 3 is 3.00 bits per heavy atom. The van der Waals surface area contributed by atoms with Gasteiger partial charge in [-0.05, 0) is 24.3 Å². The number of halogens is 1. The summed E-state index contributed by atoms with van der Waals surface area (Å²) >= 11 is 0. The first kappa shape index (κ1) is 8.62. The van der Waals surface area contributed by atoms with Crippen molar-refractivity contribution in [3.8, 4) is 0 Å². The lowest BCUT2D eigenvalue weighted by atomic mass is 10.2. The van der Waals surface area contributed by atoms with Gasteiger partial charge in [-0.3, -0.25) is 4.79 Å². The lowest BCUT2D eigenvalue weighted by Crippen LogP contribution is -2.09. The number of rotatable bonds is 1. The number of hydrogen-bond donors (Lipinski definition) is 1. The van der Waals surface area contributed by atoms with Crippen LogP contribution in [-0.2, 0) is 0 Å². The van der Waals surface area contributed by atoms with E-state index in [2.05, 4.69) is 16.5 Å². The van der Waals surface area contributed by atoms with Crippen molar-refractivity contribution in [3.63, 3.8) is 0 Å². The molecule has 2 rings (SSSR count). The smallest absolute Gasteiger partial charge is 0.259 e. The summed E-state index contributed by atoms with van der Waals surface area (Å²) in [4.78, 5) is 17.9. The third kappa shape index (κ3) is 1.31. The molecule has 1 N–H and O–H groups in total. The summed E-state index contributed by atoms with van der Waals surface area (Å²) < 4.78 is 12.8. The van der Waals surface area contributed by atoms with E-state index in [4.69, 9.17) is 0 Å². The van der Waals surface area contributed by atoms with Gasteiger partial charge in [-0.2, -0.15) is 0 Å². The second-order valence-electron chi connectivity index (χ2n) is 2.82. The highest BCUT2D eigenvalue weighted by Gasteiger charge is 2.02. The van der Waals surface area contributed by atoms with Crippen LogP contribution in [0.2, 0.25) is 0 Å². The normalized spacial score (nSPS) is 10.4. The summed E-state index contributed by atoms with van der Waals surface area (Å²) in [7, 11) is 0. The average molecular weight is 190 g/mol. The van der Waals surface area contributed by atoms with Crippen LogP contribution in [0.5, 0.6) is 0 Å². The molecule has 0 aliphatic rings. The van der Waals surface area contributed by atoms with Crippen LogP contribution in [0.25, 0.3) is 17.0 Å². The molecule has 1 heterocycles. The van der Waals surface area contributed by atoms with Gasteiger partial charge in [-0.15, -0.1) is 0 Å². The Hall–Kier alpha value is -1.97. The first-order valence-corrected chi connectivity index (χ1v) is 4.03. The van der Waals surface area contributed by atoms with Crippen molar-refractivity contribution in [1.82, 2.24) is 9.97 Å². The molecule has 0 unspecified atom stereocenters. The van der Waals surface area contributed by atoms with Gasteiger partial charge in [-0.25, -0.2) is 9.37 Å². The zero-order chi connectivity index (χ0) is 10.1. The van der Waals surface area contributed by atoms with Gasteiger partial charge in [0.05, 0.1) is 10.9 Å². The lowest BCUT2D eigenvalue weighted by molar-refractivity contribution is 0.629. The van der Waals surface area contributed by atoms with Gasteiger partial charge in [0.15, 0.2) is 0 Å². The molecule has 0 aliphatic carbocycles. The van der Waals surface area contributed by atoms with E-state index in [1.165, 1.54) is 18.2 Å². The van der Waals surface area contributed by atoms with Crippen LogP contribution in [0.1, 0.15) is 5.82 Å². The lowest BCUT2D eigenvalue weighted by Gasteiger charge is -1.97. The van der Waals surface area contributed by atoms with Gasteiger partial charge in [0, 0.05) is 0 Å². The Kier molecular flexibility index (Phi) is 1.89. The number of nitrogens with zero attached hydrogens (tertiary/aromatic N) is 1. The molecule has 1 aromatic carbocycles. The fourth-order valence-electron chi connectivity index (χ4n) is 1.23. The molecule has 0 aliphatic heterocycles. The van der Waals surface area contributed by atoms with E-state index in [0.29, 0.717) is 11.3 Å². The van der Waals surface area contributed by atoms with E-state index in [-0.39, 0.29) is 10.9 Å². The summed E-state index contributed by atoms with van der Waals surface area (Å²) in [5.74, 6) is -0.0646. The summed E-state index contributed by atoms with van der Waals surface area (Å²) in [6.45, 7) is 3.49. The second-order valence-corrected chi connectivity index (χ2v) is 2.82. The Balaban J connectivity index is 2.90. The van der Waals surface area contributed by atoms with E-state index in [1.807, 2.05) is 0 Å². The molecule has 70 valence electrons. The maximum Gasteiger partial charge on any atom is 0.259 e. The third-order valence-electron chi connectivity index (χ3n) is 1.88. The molecule has 4 heteroatoms. The van der Waals surface area contributed by atoms with Crippen molar-refractivity contribution in [2.45, 2.75) is 0 Å². The highest BCUT2D eigenvalue weighted by atomic mass is 19.1. The van der Waals surface area contributed by atoms with Crippen molar-refractivity contribution in [3.05, 3.63) is 46.8 Å². The number of aromatic nitrogens is 2. The van der Waals surface area contributed by atoms with Crippen LogP contribution in [0.4, 0.5) is 4.39 Å². The highest BCUT2D eigenvalue weighted by molar-refractivity contribution is 5.78. The standard InChI is InChI=1S/C10H7FN2O/c1-2-9-12-8-4-3-6(11)5-7(8)10(14)13-9/h2-5H,1H2,(H,12,13,14). The molecule has 0 saturated carbocycles. The first-order chi connectivity index (χ1) is 6.70. The molecule has 0 spiro atoms. The van der Waals surface area contributed by atoms with Crippen molar-refractivity contribution in [1.29, 1.82) is 0 Å². The molecule has 0 saturated heterocycles. The van der Waals surface area contributed by atoms with Gasteiger partial charge in [0.2, 0.25) is 0 Å². The molecular weight excluding hydrogens is 183 g/mol. The van der Waals surface area contributed by atoms with Crippen molar-refractivity contribution in [2.24, 2.45) is 0 Å². The molecule has 3 nitrogen and oxygen atoms in total. The molecule has 0 bridgehead atoms. The molecule has 0 radical (unpaired) electrons. The molecule has 2 aromatic rings. The minimum atomic E-state index is -0.448.